The number of thiazole rings is 1. The molecule has 4 atom stereocenters. The summed E-state index contributed by atoms with van der Waals surface area (Å²) in [4.78, 5) is 32.4. The highest BCUT2D eigenvalue weighted by Crippen LogP contribution is 2.48. The molecule has 3 aliphatic rings. The third-order valence-corrected chi connectivity index (χ3v) is 6.76. The molecular weight excluding hydrogens is 403 g/mol. The van der Waals surface area contributed by atoms with Crippen molar-refractivity contribution in [1.29, 1.82) is 0 Å². The first kappa shape index (κ1) is 17.8. The molecule has 8 heteroatoms. The largest absolute Gasteiger partial charge is 0.483 e. The van der Waals surface area contributed by atoms with Gasteiger partial charge in [0.2, 0.25) is 0 Å². The van der Waals surface area contributed by atoms with E-state index in [-0.39, 0.29) is 40.7 Å². The normalized spacial score (nSPS) is 29.6. The molecule has 28 heavy (non-hydrogen) atoms. The second kappa shape index (κ2) is 6.67. The van der Waals surface area contributed by atoms with Crippen molar-refractivity contribution in [2.24, 2.45) is 5.92 Å². The minimum atomic E-state index is -0.682. The van der Waals surface area contributed by atoms with Gasteiger partial charge in [0.1, 0.15) is 11.9 Å². The number of benzene rings is 1. The number of aromatic nitrogens is 1. The fourth-order valence-corrected chi connectivity index (χ4v) is 5.29. The van der Waals surface area contributed by atoms with Crippen LogP contribution in [-0.2, 0) is 14.3 Å². The summed E-state index contributed by atoms with van der Waals surface area (Å²) >= 11 is 7.61. The van der Waals surface area contributed by atoms with Gasteiger partial charge in [-0.3, -0.25) is 14.5 Å². The number of amides is 1. The highest BCUT2D eigenvalue weighted by molar-refractivity contribution is 7.13. The van der Waals surface area contributed by atoms with Gasteiger partial charge >= 0.3 is 0 Å². The van der Waals surface area contributed by atoms with Gasteiger partial charge in [-0.25, -0.2) is 9.37 Å². The molecule has 4 unspecified atom stereocenters. The van der Waals surface area contributed by atoms with Crippen LogP contribution in [0.3, 0.4) is 0 Å². The van der Waals surface area contributed by atoms with E-state index in [2.05, 4.69) is 4.98 Å². The molecule has 0 N–H and O–H groups in total. The maximum absolute atomic E-state index is 13.5. The van der Waals surface area contributed by atoms with Gasteiger partial charge < -0.3 is 4.74 Å². The van der Waals surface area contributed by atoms with Crippen molar-refractivity contribution < 1.29 is 18.7 Å². The Morgan fingerprint density at radius 2 is 2.00 bits per heavy atom. The van der Waals surface area contributed by atoms with E-state index in [1.807, 2.05) is 0 Å². The molecule has 1 amide bonds. The number of ketones is 1. The molecule has 2 aromatic rings. The standard InChI is InChI=1S/C20H16ClFN2O3S/c21-11-3-6-14-13(9-11)17(25)15-16(10-1-4-12(22)5-2-10)24(19(26)18(15)27-14)20-23-7-8-28-20/h1-2,4-5,7-8,11,13-14,16H,3,6,9H2. The number of hydrogen-bond donors (Lipinski definition) is 0. The first-order valence-corrected chi connectivity index (χ1v) is 10.4. The summed E-state index contributed by atoms with van der Waals surface area (Å²) in [5.74, 6) is -1.12. The van der Waals surface area contributed by atoms with Crippen LogP contribution < -0.4 is 4.90 Å². The Kier molecular flexibility index (Phi) is 4.25. The lowest BCUT2D eigenvalue weighted by Gasteiger charge is -2.37. The van der Waals surface area contributed by atoms with Gasteiger partial charge in [0.25, 0.3) is 5.91 Å². The van der Waals surface area contributed by atoms with E-state index in [4.69, 9.17) is 16.3 Å². The van der Waals surface area contributed by atoms with Gasteiger partial charge in [-0.2, -0.15) is 0 Å². The molecular formula is C20H16ClFN2O3S. The number of alkyl halides is 1. The van der Waals surface area contributed by atoms with E-state index in [0.717, 1.165) is 6.42 Å². The van der Waals surface area contributed by atoms with Crippen molar-refractivity contribution in [3.8, 4) is 0 Å². The number of carbonyl (C=O) groups is 2. The minimum Gasteiger partial charge on any atom is -0.483 e. The van der Waals surface area contributed by atoms with Gasteiger partial charge in [0.05, 0.1) is 17.5 Å². The Morgan fingerprint density at radius 1 is 1.21 bits per heavy atom. The number of fused-ring (bicyclic) bond motifs is 1. The molecule has 2 aliphatic heterocycles. The highest BCUT2D eigenvalue weighted by atomic mass is 35.5. The zero-order chi connectivity index (χ0) is 19.4. The summed E-state index contributed by atoms with van der Waals surface area (Å²) in [6.07, 6.45) is 3.21. The van der Waals surface area contributed by atoms with E-state index in [1.165, 1.54) is 28.4 Å². The summed E-state index contributed by atoms with van der Waals surface area (Å²) in [7, 11) is 0. The molecule has 1 aromatic carbocycles. The van der Waals surface area contributed by atoms with Crippen molar-refractivity contribution in [3.63, 3.8) is 0 Å². The Bertz CT molecular complexity index is 976. The van der Waals surface area contributed by atoms with E-state index in [1.54, 1.807) is 23.7 Å². The summed E-state index contributed by atoms with van der Waals surface area (Å²) in [6.45, 7) is 0. The number of nitrogens with zero attached hydrogens (tertiary/aromatic N) is 2. The van der Waals surface area contributed by atoms with Crippen molar-refractivity contribution in [3.05, 3.63) is 58.6 Å². The van der Waals surface area contributed by atoms with Crippen LogP contribution in [0.15, 0.2) is 47.2 Å². The van der Waals surface area contributed by atoms with Crippen LogP contribution >= 0.6 is 22.9 Å². The molecule has 1 fully saturated rings. The lowest BCUT2D eigenvalue weighted by Crippen LogP contribution is -2.41. The molecule has 1 saturated carbocycles. The maximum Gasteiger partial charge on any atom is 0.296 e. The molecule has 1 aliphatic carbocycles. The number of halogens is 2. The smallest absolute Gasteiger partial charge is 0.296 e. The predicted molar refractivity (Wildman–Crippen MR) is 103 cm³/mol. The van der Waals surface area contributed by atoms with E-state index in [0.29, 0.717) is 29.1 Å². The Morgan fingerprint density at radius 3 is 2.71 bits per heavy atom. The molecule has 144 valence electrons. The fraction of sp³-hybridized carbons (Fsp3) is 0.350. The summed E-state index contributed by atoms with van der Waals surface area (Å²) in [5.41, 5.74) is 0.974. The predicted octanol–water partition coefficient (Wildman–Crippen LogP) is 4.00. The lowest BCUT2D eigenvalue weighted by atomic mass is 9.77. The van der Waals surface area contributed by atoms with Crippen molar-refractivity contribution in [1.82, 2.24) is 4.98 Å². The second-order valence-corrected chi connectivity index (χ2v) is 8.71. The summed E-state index contributed by atoms with van der Waals surface area (Å²) in [5, 5.41) is 2.16. The molecule has 0 spiro atoms. The summed E-state index contributed by atoms with van der Waals surface area (Å²) in [6, 6.07) is 5.15. The van der Waals surface area contributed by atoms with Crippen LogP contribution in [0.2, 0.25) is 0 Å². The highest BCUT2D eigenvalue weighted by Gasteiger charge is 2.53. The first-order chi connectivity index (χ1) is 13.5. The number of rotatable bonds is 2. The van der Waals surface area contributed by atoms with Crippen molar-refractivity contribution in [2.45, 2.75) is 36.8 Å². The van der Waals surface area contributed by atoms with Crippen LogP contribution in [-0.4, -0.2) is 28.2 Å². The quantitative estimate of drug-likeness (QED) is 0.692. The number of anilines is 1. The third-order valence-electron chi connectivity index (χ3n) is 5.59. The number of Topliss-reactive ketones (excluding diaryl/α,β-unsaturated/α-hetero) is 1. The molecule has 0 saturated heterocycles. The molecule has 0 bridgehead atoms. The molecule has 0 radical (unpaired) electrons. The zero-order valence-electron chi connectivity index (χ0n) is 14.7. The Labute approximate surface area is 169 Å². The van der Waals surface area contributed by atoms with Crippen LogP contribution in [0.1, 0.15) is 30.9 Å². The Balaban J connectivity index is 1.64. The van der Waals surface area contributed by atoms with Crippen LogP contribution in [0.5, 0.6) is 0 Å². The van der Waals surface area contributed by atoms with Gasteiger partial charge in [0, 0.05) is 17.0 Å². The van der Waals surface area contributed by atoms with Gasteiger partial charge in [0.15, 0.2) is 16.7 Å². The third kappa shape index (κ3) is 2.68. The van der Waals surface area contributed by atoms with Crippen molar-refractivity contribution >= 4 is 39.8 Å². The average Bonchev–Trinajstić information content (AvgIpc) is 3.30. The first-order valence-electron chi connectivity index (χ1n) is 9.12. The monoisotopic (exact) mass is 418 g/mol. The number of carbonyl (C=O) groups excluding carboxylic acids is 2. The molecule has 5 nitrogen and oxygen atoms in total. The van der Waals surface area contributed by atoms with Gasteiger partial charge in [-0.1, -0.05) is 12.1 Å². The second-order valence-electron chi connectivity index (χ2n) is 7.22. The van der Waals surface area contributed by atoms with E-state index in [9.17, 15) is 14.0 Å². The molecule has 3 heterocycles. The average molecular weight is 419 g/mol. The van der Waals surface area contributed by atoms with Crippen LogP contribution in [0.25, 0.3) is 0 Å². The van der Waals surface area contributed by atoms with E-state index < -0.39 is 6.04 Å². The Hall–Kier alpha value is -2.25. The number of ether oxygens (including phenoxy) is 1. The maximum atomic E-state index is 13.5. The lowest BCUT2D eigenvalue weighted by molar-refractivity contribution is -0.131. The molecule has 5 rings (SSSR count). The van der Waals surface area contributed by atoms with Crippen LogP contribution in [0.4, 0.5) is 9.52 Å². The SMILES string of the molecule is O=C1C2=C(OC3CCC(Cl)CC13)C(=O)N(c1nccs1)C2c1ccc(F)cc1. The number of hydrogen-bond acceptors (Lipinski definition) is 5. The van der Waals surface area contributed by atoms with Crippen LogP contribution in [0, 0.1) is 11.7 Å². The van der Waals surface area contributed by atoms with Gasteiger partial charge in [-0.05, 0) is 37.0 Å². The van der Waals surface area contributed by atoms with E-state index >= 15 is 0 Å². The zero-order valence-corrected chi connectivity index (χ0v) is 16.3. The fourth-order valence-electron chi connectivity index (χ4n) is 4.31. The van der Waals surface area contributed by atoms with Gasteiger partial charge in [-0.15, -0.1) is 22.9 Å². The van der Waals surface area contributed by atoms with Crippen molar-refractivity contribution in [2.75, 3.05) is 4.90 Å². The topological polar surface area (TPSA) is 59.5 Å². The summed E-state index contributed by atoms with van der Waals surface area (Å²) < 4.78 is 19.5. The molecule has 1 aromatic heterocycles. The minimum absolute atomic E-state index is 0.0765.